The second-order valence-corrected chi connectivity index (χ2v) is 10.4. The van der Waals surface area contributed by atoms with Crippen molar-refractivity contribution in [2.24, 2.45) is 11.7 Å². The van der Waals surface area contributed by atoms with E-state index in [0.29, 0.717) is 36.7 Å². The largest absolute Gasteiger partial charge is 0.495 e. The number of methoxy groups -OCH3 is 1. The third-order valence-corrected chi connectivity index (χ3v) is 7.86. The minimum Gasteiger partial charge on any atom is -0.495 e. The highest BCUT2D eigenvalue weighted by Gasteiger charge is 2.29. The van der Waals surface area contributed by atoms with E-state index in [-0.39, 0.29) is 18.4 Å². The lowest BCUT2D eigenvalue weighted by molar-refractivity contribution is -0.142. The number of nitrogens with two attached hydrogens (primary N) is 1. The second-order valence-electron chi connectivity index (χ2n) is 8.93. The average molecular weight is 543 g/mol. The standard InChI is InChI=1S/C25H24ClN3O3S.C2H7NO/c1-32-19-11-6-14(12-18(19)26)13-27-23-21-17-4-2-3-5-20(17)33-24(21)29-22(28-23)15-7-9-16(10-8-15)25(30)31;3-1-2-4/h2-6,11-12,15-16H,7-10,13H2,1H3,(H,30,31)(H,27,28,29);4H,1-3H2. The number of hydrogen-bond acceptors (Lipinski definition) is 8. The molecule has 5 N–H and O–H groups in total. The number of hydrogen-bond donors (Lipinski definition) is 4. The van der Waals surface area contributed by atoms with Gasteiger partial charge in [0, 0.05) is 29.1 Å². The molecule has 5 rings (SSSR count). The summed E-state index contributed by atoms with van der Waals surface area (Å²) in [6.07, 6.45) is 2.92. The maximum Gasteiger partial charge on any atom is 0.306 e. The zero-order valence-electron chi connectivity index (χ0n) is 20.6. The predicted octanol–water partition coefficient (Wildman–Crippen LogP) is 5.41. The number of rotatable bonds is 7. The number of aromatic nitrogens is 2. The molecule has 0 unspecified atom stereocenters. The van der Waals surface area contributed by atoms with E-state index in [1.807, 2.05) is 30.3 Å². The molecule has 2 aromatic carbocycles. The van der Waals surface area contributed by atoms with Gasteiger partial charge in [-0.25, -0.2) is 9.97 Å². The Labute approximate surface area is 224 Å². The van der Waals surface area contributed by atoms with Gasteiger partial charge in [0.15, 0.2) is 0 Å². The highest BCUT2D eigenvalue weighted by molar-refractivity contribution is 7.25. The average Bonchev–Trinajstić information content (AvgIpc) is 3.30. The van der Waals surface area contributed by atoms with E-state index in [4.69, 9.17) is 37.1 Å². The fourth-order valence-electron chi connectivity index (χ4n) is 4.55. The van der Waals surface area contributed by atoms with Crippen LogP contribution in [-0.2, 0) is 11.3 Å². The maximum absolute atomic E-state index is 11.4. The summed E-state index contributed by atoms with van der Waals surface area (Å²) in [4.78, 5) is 22.2. The molecule has 8 nitrogen and oxygen atoms in total. The van der Waals surface area contributed by atoms with Gasteiger partial charge < -0.3 is 26.0 Å². The Morgan fingerprint density at radius 2 is 1.92 bits per heavy atom. The van der Waals surface area contributed by atoms with Gasteiger partial charge in [-0.1, -0.05) is 35.9 Å². The van der Waals surface area contributed by atoms with Crippen molar-refractivity contribution in [3.05, 3.63) is 58.9 Å². The van der Waals surface area contributed by atoms with Crippen molar-refractivity contribution in [2.75, 3.05) is 25.6 Å². The summed E-state index contributed by atoms with van der Waals surface area (Å²) in [5.74, 6) is 1.47. The van der Waals surface area contributed by atoms with Gasteiger partial charge in [-0.2, -0.15) is 0 Å². The number of aliphatic hydroxyl groups is 1. The number of carboxylic acids is 1. The third-order valence-electron chi connectivity index (χ3n) is 6.50. The number of aliphatic carboxylic acids is 1. The number of fused-ring (bicyclic) bond motifs is 3. The van der Waals surface area contributed by atoms with Crippen molar-refractivity contribution in [3.8, 4) is 5.75 Å². The van der Waals surface area contributed by atoms with Crippen LogP contribution in [0, 0.1) is 5.92 Å². The van der Waals surface area contributed by atoms with Gasteiger partial charge in [-0.15, -0.1) is 11.3 Å². The van der Waals surface area contributed by atoms with Gasteiger partial charge in [-0.3, -0.25) is 4.79 Å². The van der Waals surface area contributed by atoms with Crippen LogP contribution < -0.4 is 15.8 Å². The quantitative estimate of drug-likeness (QED) is 0.244. The zero-order chi connectivity index (χ0) is 26.4. The summed E-state index contributed by atoms with van der Waals surface area (Å²) in [6.45, 7) is 1.03. The number of aliphatic hydroxyl groups excluding tert-OH is 1. The molecule has 196 valence electrons. The van der Waals surface area contributed by atoms with Crippen molar-refractivity contribution >= 4 is 55.0 Å². The summed E-state index contributed by atoms with van der Waals surface area (Å²) in [6, 6.07) is 14.0. The van der Waals surface area contributed by atoms with Crippen LogP contribution in [0.4, 0.5) is 5.82 Å². The fraction of sp³-hybridized carbons (Fsp3) is 0.370. The summed E-state index contributed by atoms with van der Waals surface area (Å²) in [5, 5.41) is 23.3. The molecule has 0 amide bonds. The molecule has 0 spiro atoms. The van der Waals surface area contributed by atoms with Crippen molar-refractivity contribution in [3.63, 3.8) is 0 Å². The molecule has 10 heteroatoms. The van der Waals surface area contributed by atoms with E-state index in [9.17, 15) is 9.90 Å². The van der Waals surface area contributed by atoms with Gasteiger partial charge in [0.25, 0.3) is 0 Å². The number of ether oxygens (including phenoxy) is 1. The third kappa shape index (κ3) is 6.30. The van der Waals surface area contributed by atoms with Crippen LogP contribution in [0.3, 0.4) is 0 Å². The first kappa shape index (κ1) is 27.1. The van der Waals surface area contributed by atoms with Crippen molar-refractivity contribution in [2.45, 2.75) is 38.1 Å². The Bertz CT molecular complexity index is 1370. The first-order valence-corrected chi connectivity index (χ1v) is 13.4. The number of thiophene rings is 1. The van der Waals surface area contributed by atoms with Crippen LogP contribution in [0.15, 0.2) is 42.5 Å². The molecule has 37 heavy (non-hydrogen) atoms. The highest BCUT2D eigenvalue weighted by atomic mass is 35.5. The number of carboxylic acid groups (broad SMARTS) is 1. The minimum atomic E-state index is -0.699. The highest BCUT2D eigenvalue weighted by Crippen LogP contribution is 2.40. The van der Waals surface area contributed by atoms with Crippen molar-refractivity contribution in [1.29, 1.82) is 0 Å². The molecule has 0 radical (unpaired) electrons. The van der Waals surface area contributed by atoms with Crippen LogP contribution in [0.5, 0.6) is 5.75 Å². The molecule has 1 saturated carbocycles. The number of halogens is 1. The molecule has 1 aliphatic rings. The monoisotopic (exact) mass is 542 g/mol. The van der Waals surface area contributed by atoms with E-state index >= 15 is 0 Å². The lowest BCUT2D eigenvalue weighted by Crippen LogP contribution is -2.21. The molecular formula is C27H31ClN4O4S. The molecule has 2 heterocycles. The van der Waals surface area contributed by atoms with Crippen LogP contribution in [0.2, 0.25) is 5.02 Å². The van der Waals surface area contributed by atoms with Crippen LogP contribution in [0.1, 0.15) is 43.0 Å². The van der Waals surface area contributed by atoms with Crippen molar-refractivity contribution < 1.29 is 19.7 Å². The Morgan fingerprint density at radius 1 is 1.19 bits per heavy atom. The number of nitrogens with one attached hydrogen (secondary N) is 1. The fourth-order valence-corrected chi connectivity index (χ4v) is 5.92. The normalized spacial score (nSPS) is 17.3. The Kier molecular flexibility index (Phi) is 9.15. The maximum atomic E-state index is 11.4. The van der Waals surface area contributed by atoms with Crippen molar-refractivity contribution in [1.82, 2.24) is 9.97 Å². The van der Waals surface area contributed by atoms with Gasteiger partial charge in [0.1, 0.15) is 22.2 Å². The first-order valence-electron chi connectivity index (χ1n) is 12.2. The lowest BCUT2D eigenvalue weighted by atomic mass is 9.81. The van der Waals surface area contributed by atoms with Gasteiger partial charge >= 0.3 is 5.97 Å². The van der Waals surface area contributed by atoms with E-state index in [1.54, 1.807) is 18.4 Å². The number of nitrogens with zero attached hydrogens (tertiary/aromatic N) is 2. The minimum absolute atomic E-state index is 0.0972. The second kappa shape index (κ2) is 12.5. The number of anilines is 1. The first-order chi connectivity index (χ1) is 17.9. The number of carbonyl (C=O) groups is 1. The Morgan fingerprint density at radius 3 is 2.57 bits per heavy atom. The molecule has 1 aliphatic carbocycles. The predicted molar refractivity (Wildman–Crippen MR) is 149 cm³/mol. The topological polar surface area (TPSA) is 131 Å². The van der Waals surface area contributed by atoms with E-state index in [0.717, 1.165) is 45.7 Å². The molecule has 4 aromatic rings. The molecule has 0 aliphatic heterocycles. The molecule has 2 aromatic heterocycles. The van der Waals surface area contributed by atoms with Crippen LogP contribution in [-0.4, -0.2) is 46.4 Å². The molecule has 1 fully saturated rings. The lowest BCUT2D eigenvalue weighted by Gasteiger charge is -2.25. The van der Waals surface area contributed by atoms with Crippen LogP contribution >= 0.6 is 22.9 Å². The zero-order valence-corrected chi connectivity index (χ0v) is 22.2. The molecular weight excluding hydrogens is 512 g/mol. The summed E-state index contributed by atoms with van der Waals surface area (Å²) in [7, 11) is 1.60. The molecule has 0 bridgehead atoms. The summed E-state index contributed by atoms with van der Waals surface area (Å²) < 4.78 is 6.43. The van der Waals surface area contributed by atoms with E-state index < -0.39 is 5.97 Å². The molecule has 0 atom stereocenters. The SMILES string of the molecule is COc1ccc(CNc2nc(C3CCC(C(=O)O)CC3)nc3sc4ccccc4c23)cc1Cl.NCCO. The number of benzene rings is 2. The Hall–Kier alpha value is -2.98. The van der Waals surface area contributed by atoms with E-state index in [1.165, 1.54) is 4.70 Å². The molecule has 0 saturated heterocycles. The Balaban J connectivity index is 0.000000747. The smallest absolute Gasteiger partial charge is 0.306 e. The summed E-state index contributed by atoms with van der Waals surface area (Å²) in [5.41, 5.74) is 5.80. The summed E-state index contributed by atoms with van der Waals surface area (Å²) >= 11 is 7.97. The van der Waals surface area contributed by atoms with Gasteiger partial charge in [-0.05, 0) is 49.4 Å². The van der Waals surface area contributed by atoms with E-state index in [2.05, 4.69) is 17.4 Å². The van der Waals surface area contributed by atoms with Gasteiger partial charge in [0.05, 0.1) is 30.0 Å². The van der Waals surface area contributed by atoms with Crippen LogP contribution in [0.25, 0.3) is 20.3 Å². The van der Waals surface area contributed by atoms with Gasteiger partial charge in [0.2, 0.25) is 0 Å².